The van der Waals surface area contributed by atoms with Crippen LogP contribution in [0.15, 0.2) is 39.1 Å². The molecule has 0 amide bonds. The van der Waals surface area contributed by atoms with Crippen LogP contribution < -0.4 is 5.32 Å². The van der Waals surface area contributed by atoms with E-state index in [4.69, 9.17) is 11.6 Å². The van der Waals surface area contributed by atoms with Crippen molar-refractivity contribution < 1.29 is 0 Å². The average Bonchev–Trinajstić information content (AvgIpc) is 2.35. The highest BCUT2D eigenvalue weighted by Gasteiger charge is 2.07. The summed E-state index contributed by atoms with van der Waals surface area (Å²) >= 11 is 10.8. The Morgan fingerprint density at radius 2 is 2.12 bits per heavy atom. The van der Waals surface area contributed by atoms with E-state index in [1.807, 2.05) is 12.1 Å². The second kappa shape index (κ2) is 5.66. The van der Waals surface area contributed by atoms with Gasteiger partial charge in [-0.25, -0.2) is 15.0 Å². The number of nitrogens with zero attached hydrogens (tertiary/aromatic N) is 3. The molecule has 2 rings (SSSR count). The van der Waals surface area contributed by atoms with E-state index >= 15 is 0 Å². The summed E-state index contributed by atoms with van der Waals surface area (Å²) in [6, 6.07) is 3.82. The Hall–Kier alpha value is -0.850. The Labute approximate surface area is 116 Å². The van der Waals surface area contributed by atoms with E-state index in [9.17, 15) is 0 Å². The summed E-state index contributed by atoms with van der Waals surface area (Å²) in [7, 11) is 1.76. The van der Waals surface area contributed by atoms with Gasteiger partial charge in [0, 0.05) is 17.7 Å². The topological polar surface area (TPSA) is 50.7 Å². The Kier molecular flexibility index (Phi) is 4.20. The smallest absolute Gasteiger partial charge is 0.223 e. The van der Waals surface area contributed by atoms with E-state index in [2.05, 4.69) is 36.2 Å². The van der Waals surface area contributed by atoms with E-state index in [1.165, 1.54) is 11.8 Å². The lowest BCUT2D eigenvalue weighted by Crippen LogP contribution is -1.97. The molecule has 0 bridgehead atoms. The van der Waals surface area contributed by atoms with Gasteiger partial charge < -0.3 is 5.32 Å². The van der Waals surface area contributed by atoms with Crippen molar-refractivity contribution in [3.05, 3.63) is 34.0 Å². The molecule has 88 valence electrons. The van der Waals surface area contributed by atoms with Crippen molar-refractivity contribution in [2.45, 2.75) is 10.1 Å². The Morgan fingerprint density at radius 3 is 2.76 bits per heavy atom. The number of aromatic nitrogens is 3. The van der Waals surface area contributed by atoms with Gasteiger partial charge in [0.2, 0.25) is 5.95 Å². The summed E-state index contributed by atoms with van der Waals surface area (Å²) in [4.78, 5) is 12.5. The van der Waals surface area contributed by atoms with Gasteiger partial charge in [-0.3, -0.25) is 0 Å². The van der Waals surface area contributed by atoms with Gasteiger partial charge in [0.25, 0.3) is 0 Å². The molecule has 7 heteroatoms. The van der Waals surface area contributed by atoms with Gasteiger partial charge in [-0.05, 0) is 39.8 Å². The van der Waals surface area contributed by atoms with Crippen LogP contribution in [-0.4, -0.2) is 22.0 Å². The standard InChI is InChI=1S/C10H8BrClN4S/c1-13-10-15-5-7(12)9(16-10)17-8-3-2-6(11)4-14-8/h2-5H,1H3,(H,13,15,16). The molecule has 0 aliphatic rings. The molecule has 0 spiro atoms. The molecular weight excluding hydrogens is 324 g/mol. The van der Waals surface area contributed by atoms with Crippen LogP contribution in [0, 0.1) is 0 Å². The van der Waals surface area contributed by atoms with Crippen LogP contribution in [0.1, 0.15) is 0 Å². The second-order valence-electron chi connectivity index (χ2n) is 3.01. The molecule has 2 aromatic heterocycles. The van der Waals surface area contributed by atoms with Crippen molar-refractivity contribution in [1.82, 2.24) is 15.0 Å². The molecule has 0 aliphatic heterocycles. The molecule has 0 aliphatic carbocycles. The summed E-state index contributed by atoms with van der Waals surface area (Å²) < 4.78 is 0.937. The van der Waals surface area contributed by atoms with E-state index in [0.29, 0.717) is 16.0 Å². The fourth-order valence-corrected chi connectivity index (χ4v) is 2.23. The maximum atomic E-state index is 6.02. The number of anilines is 1. The molecule has 1 N–H and O–H groups in total. The van der Waals surface area contributed by atoms with Gasteiger partial charge in [-0.15, -0.1) is 0 Å². The molecule has 2 heterocycles. The maximum Gasteiger partial charge on any atom is 0.223 e. The zero-order chi connectivity index (χ0) is 12.3. The van der Waals surface area contributed by atoms with Gasteiger partial charge in [-0.1, -0.05) is 11.6 Å². The number of nitrogens with one attached hydrogen (secondary N) is 1. The van der Waals surface area contributed by atoms with Gasteiger partial charge in [-0.2, -0.15) is 0 Å². The van der Waals surface area contributed by atoms with Crippen LogP contribution in [0.2, 0.25) is 5.02 Å². The maximum absolute atomic E-state index is 6.02. The molecule has 17 heavy (non-hydrogen) atoms. The van der Waals surface area contributed by atoms with E-state index in [1.54, 1.807) is 19.4 Å². The third-order valence-electron chi connectivity index (χ3n) is 1.84. The van der Waals surface area contributed by atoms with E-state index in [-0.39, 0.29) is 0 Å². The van der Waals surface area contributed by atoms with Crippen molar-refractivity contribution >= 4 is 45.2 Å². The molecule has 0 aromatic carbocycles. The molecule has 0 radical (unpaired) electrons. The van der Waals surface area contributed by atoms with Gasteiger partial charge in [0.05, 0.1) is 11.2 Å². The lowest BCUT2D eigenvalue weighted by molar-refractivity contribution is 1.03. The Morgan fingerprint density at radius 1 is 1.29 bits per heavy atom. The first-order valence-corrected chi connectivity index (χ1v) is 6.67. The predicted octanol–water partition coefficient (Wildman–Crippen LogP) is 3.48. The quantitative estimate of drug-likeness (QED) is 0.873. The minimum absolute atomic E-state index is 0.513. The van der Waals surface area contributed by atoms with Crippen LogP contribution in [0.3, 0.4) is 0 Å². The molecule has 0 saturated heterocycles. The zero-order valence-electron chi connectivity index (χ0n) is 8.82. The summed E-state index contributed by atoms with van der Waals surface area (Å²) in [6.07, 6.45) is 3.30. The largest absolute Gasteiger partial charge is 0.357 e. The summed E-state index contributed by atoms with van der Waals surface area (Å²) in [6.45, 7) is 0. The molecule has 0 unspecified atom stereocenters. The first kappa shape index (κ1) is 12.6. The predicted molar refractivity (Wildman–Crippen MR) is 72.6 cm³/mol. The van der Waals surface area contributed by atoms with E-state index < -0.39 is 0 Å². The molecule has 2 aromatic rings. The average molecular weight is 332 g/mol. The normalized spacial score (nSPS) is 10.3. The van der Waals surface area contributed by atoms with E-state index in [0.717, 1.165) is 9.50 Å². The first-order chi connectivity index (χ1) is 8.19. The highest BCUT2D eigenvalue weighted by atomic mass is 79.9. The van der Waals surface area contributed by atoms with Crippen LogP contribution in [-0.2, 0) is 0 Å². The fourth-order valence-electron chi connectivity index (χ4n) is 1.07. The minimum Gasteiger partial charge on any atom is -0.357 e. The number of pyridine rings is 1. The van der Waals surface area contributed by atoms with Gasteiger partial charge in [0.1, 0.15) is 10.1 Å². The molecular formula is C10H8BrClN4S. The SMILES string of the molecule is CNc1ncc(Cl)c(Sc2ccc(Br)cn2)n1. The summed E-state index contributed by atoms with van der Waals surface area (Å²) in [5, 5.41) is 4.89. The van der Waals surface area contributed by atoms with Crippen LogP contribution in [0.5, 0.6) is 0 Å². The highest BCUT2D eigenvalue weighted by Crippen LogP contribution is 2.30. The zero-order valence-corrected chi connectivity index (χ0v) is 12.0. The van der Waals surface area contributed by atoms with Crippen molar-refractivity contribution in [3.63, 3.8) is 0 Å². The summed E-state index contributed by atoms with van der Waals surface area (Å²) in [5.41, 5.74) is 0. The first-order valence-electron chi connectivity index (χ1n) is 4.69. The number of hydrogen-bond acceptors (Lipinski definition) is 5. The fraction of sp³-hybridized carbons (Fsp3) is 0.100. The summed E-state index contributed by atoms with van der Waals surface area (Å²) in [5.74, 6) is 0.536. The minimum atomic E-state index is 0.513. The van der Waals surface area contributed by atoms with Crippen molar-refractivity contribution in [3.8, 4) is 0 Å². The lowest BCUT2D eigenvalue weighted by Gasteiger charge is -2.04. The molecule has 4 nitrogen and oxygen atoms in total. The number of rotatable bonds is 3. The van der Waals surface area contributed by atoms with Gasteiger partial charge in [0.15, 0.2) is 0 Å². The lowest BCUT2D eigenvalue weighted by atomic mass is 10.5. The van der Waals surface area contributed by atoms with Crippen molar-refractivity contribution in [1.29, 1.82) is 0 Å². The third-order valence-corrected chi connectivity index (χ3v) is 3.65. The van der Waals surface area contributed by atoms with Crippen LogP contribution in [0.4, 0.5) is 5.95 Å². The number of hydrogen-bond donors (Lipinski definition) is 1. The van der Waals surface area contributed by atoms with Crippen molar-refractivity contribution in [2.24, 2.45) is 0 Å². The van der Waals surface area contributed by atoms with Gasteiger partial charge >= 0.3 is 0 Å². The highest BCUT2D eigenvalue weighted by molar-refractivity contribution is 9.10. The molecule has 0 fully saturated rings. The number of halogens is 2. The monoisotopic (exact) mass is 330 g/mol. The van der Waals surface area contributed by atoms with Crippen LogP contribution >= 0.6 is 39.3 Å². The van der Waals surface area contributed by atoms with Crippen LogP contribution in [0.25, 0.3) is 0 Å². The Balaban J connectivity index is 2.25. The molecule has 0 atom stereocenters. The second-order valence-corrected chi connectivity index (χ2v) is 5.35. The Bertz CT molecular complexity index is 520. The third kappa shape index (κ3) is 3.31. The molecule has 0 saturated carbocycles. The van der Waals surface area contributed by atoms with Crippen molar-refractivity contribution in [2.75, 3.05) is 12.4 Å².